The number of aryl methyl sites for hydroxylation is 3. The molecule has 1 heterocycles. The number of hydrogen-bond acceptors (Lipinski definition) is 2. The van der Waals surface area contributed by atoms with Gasteiger partial charge in [-0.05, 0) is 63.8 Å². The lowest BCUT2D eigenvalue weighted by atomic mass is 9.87. The molecule has 2 heteroatoms. The summed E-state index contributed by atoms with van der Waals surface area (Å²) in [5.41, 5.74) is 12.5. The average molecular weight is 399 g/mol. The molecule has 1 atom stereocenters. The molecule has 2 aromatic rings. The second-order valence-electron chi connectivity index (χ2n) is 9.10. The van der Waals surface area contributed by atoms with E-state index in [1.807, 2.05) is 0 Å². The van der Waals surface area contributed by atoms with E-state index >= 15 is 0 Å². The predicted octanol–water partition coefficient (Wildman–Crippen LogP) is 6.66. The van der Waals surface area contributed by atoms with E-state index in [4.69, 9.17) is 0 Å². The molecular weight excluding hydrogens is 364 g/mol. The summed E-state index contributed by atoms with van der Waals surface area (Å²) in [5.74, 6) is 0.306. The first-order valence-corrected chi connectivity index (χ1v) is 11.0. The molecule has 1 aliphatic heterocycles. The fraction of sp³-hybridized carbons (Fsp3) is 0.357. The second kappa shape index (κ2) is 8.18. The van der Waals surface area contributed by atoms with Gasteiger partial charge in [-0.3, -0.25) is 0 Å². The molecule has 0 N–H and O–H groups in total. The zero-order chi connectivity index (χ0) is 21.4. The number of hydrogen-bond donors (Lipinski definition) is 0. The Hall–Kier alpha value is -2.74. The molecule has 156 valence electrons. The molecule has 1 aliphatic carbocycles. The lowest BCUT2D eigenvalue weighted by Gasteiger charge is -2.32. The first-order valence-electron chi connectivity index (χ1n) is 11.0. The fourth-order valence-corrected chi connectivity index (χ4v) is 5.48. The van der Waals surface area contributed by atoms with Gasteiger partial charge in [0.1, 0.15) is 0 Å². The monoisotopic (exact) mass is 398 g/mol. The van der Waals surface area contributed by atoms with Crippen LogP contribution >= 0.6 is 0 Å². The second-order valence-corrected chi connectivity index (χ2v) is 9.10. The Balaban J connectivity index is 1.73. The van der Waals surface area contributed by atoms with Crippen LogP contribution in [-0.2, 0) is 0 Å². The highest BCUT2D eigenvalue weighted by atomic mass is 15.4. The first kappa shape index (κ1) is 20.5. The van der Waals surface area contributed by atoms with Crippen LogP contribution in [0.3, 0.4) is 0 Å². The van der Waals surface area contributed by atoms with Crippen molar-refractivity contribution in [2.45, 2.75) is 47.5 Å². The molecule has 0 amide bonds. The van der Waals surface area contributed by atoms with Gasteiger partial charge in [0.05, 0.1) is 6.67 Å². The SMILES string of the molecule is CC1=CC(C)=C(N2CCN(c3c(C)cc(C)cc3C)C2)C(c2ccccc2)C(C)=C1. The maximum atomic E-state index is 2.61. The lowest BCUT2D eigenvalue weighted by Crippen LogP contribution is -2.29. The van der Waals surface area contributed by atoms with E-state index in [0.717, 1.165) is 19.8 Å². The largest absolute Gasteiger partial charge is 0.354 e. The minimum absolute atomic E-state index is 0.306. The van der Waals surface area contributed by atoms with Crippen LogP contribution in [0.25, 0.3) is 0 Å². The molecule has 0 radical (unpaired) electrons. The van der Waals surface area contributed by atoms with Crippen molar-refractivity contribution in [2.75, 3.05) is 24.7 Å². The van der Waals surface area contributed by atoms with Crippen LogP contribution in [-0.4, -0.2) is 24.7 Å². The molecule has 2 aliphatic rings. The van der Waals surface area contributed by atoms with Crippen LogP contribution in [0.4, 0.5) is 5.69 Å². The van der Waals surface area contributed by atoms with Gasteiger partial charge in [0, 0.05) is 30.4 Å². The van der Waals surface area contributed by atoms with Crippen LogP contribution in [0.15, 0.2) is 77.0 Å². The van der Waals surface area contributed by atoms with Gasteiger partial charge in [0.25, 0.3) is 0 Å². The highest BCUT2D eigenvalue weighted by molar-refractivity contribution is 5.61. The third-order valence-corrected chi connectivity index (χ3v) is 6.44. The summed E-state index contributed by atoms with van der Waals surface area (Å²) >= 11 is 0. The van der Waals surface area contributed by atoms with Crippen LogP contribution < -0.4 is 4.90 Å². The fourth-order valence-electron chi connectivity index (χ4n) is 5.48. The molecule has 1 fully saturated rings. The molecule has 1 unspecified atom stereocenters. The summed E-state index contributed by atoms with van der Waals surface area (Å²) in [6.45, 7) is 16.5. The van der Waals surface area contributed by atoms with Gasteiger partial charge < -0.3 is 9.80 Å². The van der Waals surface area contributed by atoms with Crippen LogP contribution in [0, 0.1) is 20.8 Å². The van der Waals surface area contributed by atoms with Crippen LogP contribution in [0.1, 0.15) is 48.9 Å². The van der Waals surface area contributed by atoms with Crippen molar-refractivity contribution >= 4 is 5.69 Å². The van der Waals surface area contributed by atoms with E-state index in [1.165, 1.54) is 50.4 Å². The van der Waals surface area contributed by atoms with Crippen LogP contribution in [0.2, 0.25) is 0 Å². The molecule has 2 aromatic carbocycles. The quantitative estimate of drug-likeness (QED) is 0.571. The van der Waals surface area contributed by atoms with Crippen molar-refractivity contribution < 1.29 is 0 Å². The standard InChI is InChI=1S/C28H34N2/c1-19-14-21(3)26(25-10-8-7-9-11-25)28(24(6)17-19)30-13-12-29(18-30)27-22(4)15-20(2)16-23(27)5/h7-11,14-17,26H,12-13,18H2,1-6H3. The van der Waals surface area contributed by atoms with Gasteiger partial charge in [-0.15, -0.1) is 0 Å². The molecule has 0 saturated carbocycles. The number of rotatable bonds is 3. The van der Waals surface area contributed by atoms with Gasteiger partial charge in [-0.25, -0.2) is 0 Å². The van der Waals surface area contributed by atoms with Crippen molar-refractivity contribution in [1.29, 1.82) is 0 Å². The average Bonchev–Trinajstić information content (AvgIpc) is 3.10. The van der Waals surface area contributed by atoms with E-state index in [0.29, 0.717) is 5.92 Å². The van der Waals surface area contributed by atoms with Crippen molar-refractivity contribution in [3.8, 4) is 0 Å². The molecule has 1 saturated heterocycles. The smallest absolute Gasteiger partial charge is 0.0902 e. The highest BCUT2D eigenvalue weighted by Gasteiger charge is 2.31. The summed E-state index contributed by atoms with van der Waals surface area (Å²) in [4.78, 5) is 5.17. The summed E-state index contributed by atoms with van der Waals surface area (Å²) in [7, 11) is 0. The van der Waals surface area contributed by atoms with Crippen molar-refractivity contribution in [3.05, 3.63) is 99.3 Å². The Kier molecular flexibility index (Phi) is 5.60. The van der Waals surface area contributed by atoms with Gasteiger partial charge in [0.15, 0.2) is 0 Å². The van der Waals surface area contributed by atoms with Crippen molar-refractivity contribution in [1.82, 2.24) is 4.90 Å². The van der Waals surface area contributed by atoms with Crippen molar-refractivity contribution in [3.63, 3.8) is 0 Å². The molecule has 4 rings (SSSR count). The number of anilines is 1. The Morgan fingerprint density at radius 3 is 2.07 bits per heavy atom. The summed E-state index contributed by atoms with van der Waals surface area (Å²) in [6.07, 6.45) is 4.71. The third-order valence-electron chi connectivity index (χ3n) is 6.44. The Morgan fingerprint density at radius 1 is 0.767 bits per heavy atom. The minimum atomic E-state index is 0.306. The number of nitrogens with zero attached hydrogens (tertiary/aromatic N) is 2. The van der Waals surface area contributed by atoms with Crippen molar-refractivity contribution in [2.24, 2.45) is 0 Å². The topological polar surface area (TPSA) is 6.48 Å². The molecule has 30 heavy (non-hydrogen) atoms. The molecule has 0 spiro atoms. The van der Waals surface area contributed by atoms with Gasteiger partial charge >= 0.3 is 0 Å². The molecular formula is C28H34N2. The Bertz CT molecular complexity index is 1020. The maximum absolute atomic E-state index is 2.61. The normalized spacial score (nSPS) is 19.7. The van der Waals surface area contributed by atoms with E-state index in [2.05, 4.69) is 106 Å². The summed E-state index contributed by atoms with van der Waals surface area (Å²) < 4.78 is 0. The van der Waals surface area contributed by atoms with E-state index in [1.54, 1.807) is 0 Å². The number of benzene rings is 2. The Morgan fingerprint density at radius 2 is 1.40 bits per heavy atom. The molecule has 2 nitrogen and oxygen atoms in total. The van der Waals surface area contributed by atoms with Gasteiger partial charge in [-0.1, -0.05) is 71.3 Å². The number of allylic oxidation sites excluding steroid dienone is 5. The zero-order valence-corrected chi connectivity index (χ0v) is 19.3. The molecule has 0 bridgehead atoms. The maximum Gasteiger partial charge on any atom is 0.0902 e. The van der Waals surface area contributed by atoms with E-state index < -0.39 is 0 Å². The summed E-state index contributed by atoms with van der Waals surface area (Å²) in [6, 6.07) is 15.6. The summed E-state index contributed by atoms with van der Waals surface area (Å²) in [5, 5.41) is 0. The lowest BCUT2D eigenvalue weighted by molar-refractivity contribution is 0.401. The van der Waals surface area contributed by atoms with E-state index in [-0.39, 0.29) is 0 Å². The minimum Gasteiger partial charge on any atom is -0.354 e. The predicted molar refractivity (Wildman–Crippen MR) is 129 cm³/mol. The molecule has 0 aromatic heterocycles. The highest BCUT2D eigenvalue weighted by Crippen LogP contribution is 2.40. The van der Waals surface area contributed by atoms with Crippen LogP contribution in [0.5, 0.6) is 0 Å². The zero-order valence-electron chi connectivity index (χ0n) is 19.3. The van der Waals surface area contributed by atoms with Gasteiger partial charge in [-0.2, -0.15) is 0 Å². The first-order chi connectivity index (χ1) is 14.3. The third kappa shape index (κ3) is 3.84. The van der Waals surface area contributed by atoms with Gasteiger partial charge in [0.2, 0.25) is 0 Å². The Labute approximate surface area is 182 Å². The van der Waals surface area contributed by atoms with E-state index in [9.17, 15) is 0 Å².